The van der Waals surface area contributed by atoms with E-state index in [1.165, 1.54) is 0 Å². The molecule has 0 fully saturated rings. The number of nitrogens with two attached hydrogens (primary N) is 1. The molecule has 0 amide bonds. The van der Waals surface area contributed by atoms with E-state index < -0.39 is 6.16 Å². The first-order valence-electron chi connectivity index (χ1n) is 3.32. The highest BCUT2D eigenvalue weighted by molar-refractivity contribution is 5.53. The molecular weight excluding hydrogens is 148 g/mol. The first-order valence-corrected chi connectivity index (χ1v) is 3.32. The molecule has 0 aliphatic rings. The minimum atomic E-state index is -1.83. The first-order chi connectivity index (χ1) is 5.00. The molecule has 5 N–H and O–H groups in total. The Labute approximate surface area is 66.2 Å². The molecule has 0 aliphatic heterocycles. The van der Waals surface area contributed by atoms with Crippen LogP contribution in [0.1, 0.15) is 13.3 Å². The Bertz CT molecular complexity index is 91.8. The van der Waals surface area contributed by atoms with Crippen molar-refractivity contribution in [2.45, 2.75) is 19.4 Å². The fourth-order valence-corrected chi connectivity index (χ4v) is 0.372. The second-order valence-corrected chi connectivity index (χ2v) is 2.15. The molecule has 0 aliphatic carbocycles. The summed E-state index contributed by atoms with van der Waals surface area (Å²) in [4.78, 5) is 8.56. The van der Waals surface area contributed by atoms with Crippen LogP contribution < -0.4 is 11.1 Å². The number of nitrogens with one attached hydrogen (secondary N) is 1. The van der Waals surface area contributed by atoms with Crippen molar-refractivity contribution in [2.75, 3.05) is 13.6 Å². The van der Waals surface area contributed by atoms with E-state index in [0.29, 0.717) is 6.04 Å². The average Bonchev–Trinajstić information content (AvgIpc) is 1.82. The third-order valence-corrected chi connectivity index (χ3v) is 0.850. The Hall–Kier alpha value is -0.810. The standard InChI is InChI=1S/C5H14N2.CH2O3/c1-5(6)3-4-7-2;2-1(3)4/h5,7H,3-4,6H2,1-2H3;(H2,2,3,4). The minimum absolute atomic E-state index is 0.340. The van der Waals surface area contributed by atoms with Crippen molar-refractivity contribution in [3.05, 3.63) is 0 Å². The SMILES string of the molecule is CNCCC(C)N.O=C(O)O. The molecule has 0 spiro atoms. The van der Waals surface area contributed by atoms with Gasteiger partial charge in [-0.1, -0.05) is 0 Å². The number of carbonyl (C=O) groups is 1. The quantitative estimate of drug-likeness (QED) is 0.476. The van der Waals surface area contributed by atoms with Crippen LogP contribution in [0.2, 0.25) is 0 Å². The first kappa shape index (κ1) is 12.8. The van der Waals surface area contributed by atoms with Crippen molar-refractivity contribution in [1.82, 2.24) is 5.32 Å². The van der Waals surface area contributed by atoms with Crippen LogP contribution in [0.15, 0.2) is 0 Å². The van der Waals surface area contributed by atoms with Crippen LogP contribution in [0, 0.1) is 0 Å². The smallest absolute Gasteiger partial charge is 0.450 e. The topological polar surface area (TPSA) is 95.6 Å². The summed E-state index contributed by atoms with van der Waals surface area (Å²) in [6.45, 7) is 3.04. The lowest BCUT2D eigenvalue weighted by molar-refractivity contribution is 0.137. The van der Waals surface area contributed by atoms with E-state index in [-0.39, 0.29) is 0 Å². The van der Waals surface area contributed by atoms with E-state index in [0.717, 1.165) is 13.0 Å². The largest absolute Gasteiger partial charge is 0.503 e. The predicted octanol–water partition coefficient (Wildman–Crippen LogP) is 0.166. The predicted molar refractivity (Wildman–Crippen MR) is 42.8 cm³/mol. The van der Waals surface area contributed by atoms with Crippen LogP contribution in [0.4, 0.5) is 4.79 Å². The molecule has 0 rings (SSSR count). The summed E-state index contributed by atoms with van der Waals surface area (Å²) < 4.78 is 0. The Morgan fingerprint density at radius 3 is 2.09 bits per heavy atom. The van der Waals surface area contributed by atoms with Crippen LogP contribution in [0.25, 0.3) is 0 Å². The number of carboxylic acid groups (broad SMARTS) is 2. The third-order valence-electron chi connectivity index (χ3n) is 0.850. The van der Waals surface area contributed by atoms with Crippen LogP contribution in [0.3, 0.4) is 0 Å². The molecular formula is C6H16N2O3. The van der Waals surface area contributed by atoms with Crippen molar-refractivity contribution >= 4 is 6.16 Å². The van der Waals surface area contributed by atoms with Gasteiger partial charge in [-0.15, -0.1) is 0 Å². The molecule has 1 unspecified atom stereocenters. The summed E-state index contributed by atoms with van der Waals surface area (Å²) in [5.41, 5.74) is 5.44. The molecule has 0 heterocycles. The lowest BCUT2D eigenvalue weighted by Crippen LogP contribution is -2.21. The van der Waals surface area contributed by atoms with Gasteiger partial charge in [-0.05, 0) is 26.9 Å². The van der Waals surface area contributed by atoms with Gasteiger partial charge in [-0.2, -0.15) is 0 Å². The number of hydrogen-bond acceptors (Lipinski definition) is 3. The summed E-state index contributed by atoms with van der Waals surface area (Å²) in [5, 5.41) is 17.0. The van der Waals surface area contributed by atoms with Crippen molar-refractivity contribution in [3.8, 4) is 0 Å². The minimum Gasteiger partial charge on any atom is -0.450 e. The molecule has 0 aromatic carbocycles. The average molecular weight is 164 g/mol. The van der Waals surface area contributed by atoms with Crippen LogP contribution in [-0.2, 0) is 0 Å². The zero-order valence-electron chi connectivity index (χ0n) is 6.87. The molecule has 5 nitrogen and oxygen atoms in total. The zero-order valence-corrected chi connectivity index (χ0v) is 6.87. The maximum Gasteiger partial charge on any atom is 0.503 e. The maximum absolute atomic E-state index is 8.56. The van der Waals surface area contributed by atoms with Gasteiger partial charge in [-0.3, -0.25) is 0 Å². The van der Waals surface area contributed by atoms with Gasteiger partial charge in [0.25, 0.3) is 0 Å². The van der Waals surface area contributed by atoms with Gasteiger partial charge >= 0.3 is 6.16 Å². The molecule has 68 valence electrons. The third kappa shape index (κ3) is 46.7. The summed E-state index contributed by atoms with van der Waals surface area (Å²) in [5.74, 6) is 0. The summed E-state index contributed by atoms with van der Waals surface area (Å²) >= 11 is 0. The van der Waals surface area contributed by atoms with Crippen molar-refractivity contribution in [3.63, 3.8) is 0 Å². The molecule has 0 saturated heterocycles. The normalized spacial score (nSPS) is 11.2. The lowest BCUT2D eigenvalue weighted by Gasteiger charge is -2.00. The second kappa shape index (κ2) is 9.19. The number of rotatable bonds is 3. The van der Waals surface area contributed by atoms with E-state index in [4.69, 9.17) is 20.7 Å². The Kier molecular flexibility index (Phi) is 10.7. The van der Waals surface area contributed by atoms with E-state index in [1.54, 1.807) is 0 Å². The number of hydrogen-bond donors (Lipinski definition) is 4. The van der Waals surface area contributed by atoms with Gasteiger partial charge in [0.1, 0.15) is 0 Å². The highest BCUT2D eigenvalue weighted by Gasteiger charge is 1.88. The zero-order chi connectivity index (χ0) is 9.28. The van der Waals surface area contributed by atoms with Crippen molar-refractivity contribution in [1.29, 1.82) is 0 Å². The van der Waals surface area contributed by atoms with E-state index >= 15 is 0 Å². The van der Waals surface area contributed by atoms with Crippen LogP contribution in [0.5, 0.6) is 0 Å². The monoisotopic (exact) mass is 164 g/mol. The van der Waals surface area contributed by atoms with Gasteiger partial charge in [0, 0.05) is 6.04 Å². The van der Waals surface area contributed by atoms with Crippen molar-refractivity contribution in [2.24, 2.45) is 5.73 Å². The molecule has 0 aromatic heterocycles. The Morgan fingerprint density at radius 1 is 1.64 bits per heavy atom. The summed E-state index contributed by atoms with van der Waals surface area (Å²) in [6, 6.07) is 0.340. The second-order valence-electron chi connectivity index (χ2n) is 2.15. The fourth-order valence-electron chi connectivity index (χ4n) is 0.372. The summed E-state index contributed by atoms with van der Waals surface area (Å²) in [7, 11) is 1.93. The van der Waals surface area contributed by atoms with Gasteiger partial charge in [0.05, 0.1) is 0 Å². The molecule has 1 atom stereocenters. The summed E-state index contributed by atoms with van der Waals surface area (Å²) in [6.07, 6.45) is -0.767. The maximum atomic E-state index is 8.56. The van der Waals surface area contributed by atoms with E-state index in [1.807, 2.05) is 14.0 Å². The van der Waals surface area contributed by atoms with Gasteiger partial charge in [0.15, 0.2) is 0 Å². The molecule has 11 heavy (non-hydrogen) atoms. The van der Waals surface area contributed by atoms with E-state index in [9.17, 15) is 0 Å². The molecule has 0 aromatic rings. The molecule has 0 bridgehead atoms. The lowest BCUT2D eigenvalue weighted by atomic mass is 10.2. The van der Waals surface area contributed by atoms with Crippen molar-refractivity contribution < 1.29 is 15.0 Å². The molecule has 5 heteroatoms. The Balaban J connectivity index is 0. The van der Waals surface area contributed by atoms with Gasteiger partial charge in [0.2, 0.25) is 0 Å². The van der Waals surface area contributed by atoms with Gasteiger partial charge in [-0.25, -0.2) is 4.79 Å². The molecule has 0 saturated carbocycles. The molecule has 0 radical (unpaired) electrons. The highest BCUT2D eigenvalue weighted by Crippen LogP contribution is 1.79. The van der Waals surface area contributed by atoms with E-state index in [2.05, 4.69) is 5.32 Å². The van der Waals surface area contributed by atoms with Gasteiger partial charge < -0.3 is 21.3 Å². The van der Waals surface area contributed by atoms with Crippen LogP contribution >= 0.6 is 0 Å². The highest BCUT2D eigenvalue weighted by atomic mass is 16.6. The van der Waals surface area contributed by atoms with Crippen LogP contribution in [-0.4, -0.2) is 36.0 Å². The fraction of sp³-hybridized carbons (Fsp3) is 0.833. The Morgan fingerprint density at radius 2 is 2.00 bits per heavy atom.